The van der Waals surface area contributed by atoms with E-state index in [2.05, 4.69) is 5.32 Å². The molecule has 1 saturated heterocycles. The lowest BCUT2D eigenvalue weighted by Crippen LogP contribution is -2.38. The van der Waals surface area contributed by atoms with Gasteiger partial charge in [0.05, 0.1) is 20.3 Å². The number of benzene rings is 1. The minimum atomic E-state index is -0.937. The lowest BCUT2D eigenvalue weighted by atomic mass is 10.1. The van der Waals surface area contributed by atoms with E-state index in [4.69, 9.17) is 9.47 Å². The number of thioether (sulfide) groups is 1. The number of carbonyl (C=O) groups excluding carboxylic acids is 2. The van der Waals surface area contributed by atoms with Crippen molar-refractivity contribution in [2.45, 2.75) is 6.10 Å². The third kappa shape index (κ3) is 4.52. The van der Waals surface area contributed by atoms with Crippen molar-refractivity contribution in [1.29, 1.82) is 0 Å². The molecule has 0 aromatic heterocycles. The van der Waals surface area contributed by atoms with Crippen LogP contribution in [0.25, 0.3) is 0 Å². The molecule has 23 heavy (non-hydrogen) atoms. The molecule has 1 aromatic rings. The number of ether oxygens (including phenoxy) is 2. The van der Waals surface area contributed by atoms with Crippen molar-refractivity contribution in [2.75, 3.05) is 39.6 Å². The number of hydrogen-bond donors (Lipinski definition) is 2. The Hall–Kier alpha value is -1.93. The molecule has 1 fully saturated rings. The molecule has 7 nitrogen and oxygen atoms in total. The summed E-state index contributed by atoms with van der Waals surface area (Å²) >= 11 is 1.20. The average Bonchev–Trinajstić information content (AvgIpc) is 2.96. The molecule has 126 valence electrons. The summed E-state index contributed by atoms with van der Waals surface area (Å²) in [6.07, 6.45) is -0.937. The summed E-state index contributed by atoms with van der Waals surface area (Å²) in [5.41, 5.74) is 0.528. The Balaban J connectivity index is 1.92. The number of carbonyl (C=O) groups is 2. The van der Waals surface area contributed by atoms with Crippen LogP contribution in [-0.2, 0) is 4.79 Å². The molecular weight excluding hydrogens is 320 g/mol. The second-order valence-electron chi connectivity index (χ2n) is 4.96. The molecule has 1 heterocycles. The molecule has 2 N–H and O–H groups in total. The van der Waals surface area contributed by atoms with E-state index in [0.29, 0.717) is 29.4 Å². The molecular formula is C15H20N2O5S. The number of amides is 2. The zero-order valence-electron chi connectivity index (χ0n) is 13.1. The van der Waals surface area contributed by atoms with Gasteiger partial charge < -0.3 is 24.8 Å². The fraction of sp³-hybridized carbons (Fsp3) is 0.467. The Labute approximate surface area is 138 Å². The van der Waals surface area contributed by atoms with Crippen LogP contribution in [0.2, 0.25) is 0 Å². The summed E-state index contributed by atoms with van der Waals surface area (Å²) in [4.78, 5) is 24.8. The first kappa shape index (κ1) is 17.4. The van der Waals surface area contributed by atoms with Gasteiger partial charge in [0.2, 0.25) is 5.91 Å². The first-order valence-electron chi connectivity index (χ1n) is 7.13. The molecule has 0 aliphatic carbocycles. The molecule has 0 radical (unpaired) electrons. The van der Waals surface area contributed by atoms with Gasteiger partial charge in [-0.1, -0.05) is 11.8 Å². The molecule has 1 aromatic carbocycles. The maximum atomic E-state index is 11.9. The lowest BCUT2D eigenvalue weighted by molar-refractivity contribution is -0.122. The van der Waals surface area contributed by atoms with E-state index in [1.54, 1.807) is 18.2 Å². The monoisotopic (exact) mass is 340 g/mol. The number of methoxy groups -OCH3 is 2. The van der Waals surface area contributed by atoms with Crippen LogP contribution in [0.3, 0.4) is 0 Å². The molecule has 1 atom stereocenters. The summed E-state index contributed by atoms with van der Waals surface area (Å²) in [7, 11) is 3.04. The van der Waals surface area contributed by atoms with Crippen LogP contribution in [0.4, 0.5) is 4.79 Å². The summed E-state index contributed by atoms with van der Waals surface area (Å²) in [5.74, 6) is 1.50. The van der Waals surface area contributed by atoms with Gasteiger partial charge in [-0.3, -0.25) is 9.59 Å². The first-order valence-corrected chi connectivity index (χ1v) is 8.12. The Kier molecular flexibility index (Phi) is 6.12. The van der Waals surface area contributed by atoms with Crippen molar-refractivity contribution >= 4 is 22.9 Å². The van der Waals surface area contributed by atoms with Crippen molar-refractivity contribution in [3.63, 3.8) is 0 Å². The summed E-state index contributed by atoms with van der Waals surface area (Å²) in [5, 5.41) is 12.8. The van der Waals surface area contributed by atoms with Gasteiger partial charge in [-0.25, -0.2) is 0 Å². The van der Waals surface area contributed by atoms with Gasteiger partial charge in [0.15, 0.2) is 0 Å². The molecule has 1 aliphatic rings. The van der Waals surface area contributed by atoms with Crippen LogP contribution in [0, 0.1) is 0 Å². The second-order valence-corrected chi connectivity index (χ2v) is 6.01. The van der Waals surface area contributed by atoms with Gasteiger partial charge in [-0.05, 0) is 18.2 Å². The van der Waals surface area contributed by atoms with Crippen molar-refractivity contribution in [3.05, 3.63) is 23.8 Å². The van der Waals surface area contributed by atoms with Gasteiger partial charge in [-0.2, -0.15) is 0 Å². The summed E-state index contributed by atoms with van der Waals surface area (Å²) in [6, 6.07) is 5.08. The smallest absolute Gasteiger partial charge is 0.282 e. The Morgan fingerprint density at radius 2 is 2.22 bits per heavy atom. The predicted octanol–water partition coefficient (Wildman–Crippen LogP) is 1.02. The van der Waals surface area contributed by atoms with Gasteiger partial charge >= 0.3 is 0 Å². The third-order valence-electron chi connectivity index (χ3n) is 3.47. The normalized spacial score (nSPS) is 15.4. The minimum absolute atomic E-state index is 0.00774. The molecule has 0 spiro atoms. The van der Waals surface area contributed by atoms with E-state index in [-0.39, 0.29) is 24.2 Å². The molecule has 2 amide bonds. The summed E-state index contributed by atoms with van der Waals surface area (Å²) < 4.78 is 10.3. The quantitative estimate of drug-likeness (QED) is 0.771. The highest BCUT2D eigenvalue weighted by Crippen LogP contribution is 2.29. The highest BCUT2D eigenvalue weighted by molar-refractivity contribution is 8.13. The third-order valence-corrected chi connectivity index (χ3v) is 4.36. The molecule has 2 rings (SSSR count). The van der Waals surface area contributed by atoms with Crippen LogP contribution < -0.4 is 14.8 Å². The number of nitrogens with zero attached hydrogens (tertiary/aromatic N) is 1. The standard InChI is InChI=1S/C15H20N2O5S/c1-21-10-3-4-13(22-2)11(7-10)12(18)8-16-14(19)9-17-5-6-23-15(17)20/h3-4,7,12,18H,5-6,8-9H2,1-2H3,(H,16,19). The van der Waals surface area contributed by atoms with E-state index < -0.39 is 6.10 Å². The summed E-state index contributed by atoms with van der Waals surface area (Å²) in [6.45, 7) is 0.606. The zero-order chi connectivity index (χ0) is 16.8. The van der Waals surface area contributed by atoms with E-state index in [1.807, 2.05) is 0 Å². The number of aliphatic hydroxyl groups is 1. The fourth-order valence-corrected chi connectivity index (χ4v) is 3.04. The largest absolute Gasteiger partial charge is 0.497 e. The lowest BCUT2D eigenvalue weighted by Gasteiger charge is -2.18. The Bertz CT molecular complexity index is 581. The highest BCUT2D eigenvalue weighted by atomic mass is 32.2. The number of nitrogens with one attached hydrogen (secondary N) is 1. The highest BCUT2D eigenvalue weighted by Gasteiger charge is 2.23. The van der Waals surface area contributed by atoms with Crippen molar-refractivity contribution in [1.82, 2.24) is 10.2 Å². The van der Waals surface area contributed by atoms with Gasteiger partial charge in [0.1, 0.15) is 18.0 Å². The number of aliphatic hydroxyl groups excluding tert-OH is 1. The first-order chi connectivity index (χ1) is 11.0. The van der Waals surface area contributed by atoms with Crippen molar-refractivity contribution < 1.29 is 24.2 Å². The van der Waals surface area contributed by atoms with Crippen molar-refractivity contribution in [2.24, 2.45) is 0 Å². The molecule has 0 bridgehead atoms. The SMILES string of the molecule is COc1ccc(OC)c(C(O)CNC(=O)CN2CCSC2=O)c1. The van der Waals surface area contributed by atoms with Crippen LogP contribution in [0.15, 0.2) is 18.2 Å². The van der Waals surface area contributed by atoms with E-state index >= 15 is 0 Å². The zero-order valence-corrected chi connectivity index (χ0v) is 13.9. The molecule has 0 saturated carbocycles. The van der Waals surface area contributed by atoms with Crippen LogP contribution in [0.1, 0.15) is 11.7 Å². The number of hydrogen-bond acceptors (Lipinski definition) is 6. The topological polar surface area (TPSA) is 88.1 Å². The fourth-order valence-electron chi connectivity index (χ4n) is 2.22. The van der Waals surface area contributed by atoms with Gasteiger partial charge in [0.25, 0.3) is 5.24 Å². The number of rotatable bonds is 7. The average molecular weight is 340 g/mol. The van der Waals surface area contributed by atoms with E-state index in [0.717, 1.165) is 0 Å². The Morgan fingerprint density at radius 3 is 2.83 bits per heavy atom. The van der Waals surface area contributed by atoms with E-state index in [9.17, 15) is 14.7 Å². The van der Waals surface area contributed by atoms with Gasteiger partial charge in [-0.15, -0.1) is 0 Å². The predicted molar refractivity (Wildman–Crippen MR) is 86.9 cm³/mol. The molecule has 1 aliphatic heterocycles. The van der Waals surface area contributed by atoms with Gasteiger partial charge in [0, 0.05) is 24.4 Å². The molecule has 1 unspecified atom stereocenters. The van der Waals surface area contributed by atoms with E-state index in [1.165, 1.54) is 30.9 Å². The van der Waals surface area contributed by atoms with Crippen LogP contribution in [0.5, 0.6) is 11.5 Å². The van der Waals surface area contributed by atoms with Crippen molar-refractivity contribution in [3.8, 4) is 11.5 Å². The minimum Gasteiger partial charge on any atom is -0.497 e. The maximum Gasteiger partial charge on any atom is 0.282 e. The molecule has 8 heteroatoms. The van der Waals surface area contributed by atoms with Crippen LogP contribution >= 0.6 is 11.8 Å². The van der Waals surface area contributed by atoms with Crippen LogP contribution in [-0.4, -0.2) is 60.8 Å². The maximum absolute atomic E-state index is 11.9. The second kappa shape index (κ2) is 8.07. The Morgan fingerprint density at radius 1 is 1.43 bits per heavy atom.